The molecule has 0 saturated carbocycles. The molecule has 0 heterocycles. The molecule has 3 aromatic carbocycles. The topological polar surface area (TPSA) is 29.5 Å². The second-order valence-electron chi connectivity index (χ2n) is 5.75. The van der Waals surface area contributed by atoms with Crippen molar-refractivity contribution in [2.45, 2.75) is 20.1 Å². The van der Waals surface area contributed by atoms with E-state index in [0.717, 1.165) is 27.8 Å². The summed E-state index contributed by atoms with van der Waals surface area (Å²) < 4.78 is 18.6. The first-order valence-corrected chi connectivity index (χ1v) is 7.84. The molecule has 0 aliphatic carbocycles. The number of aliphatic hydroxyl groups is 1. The van der Waals surface area contributed by atoms with E-state index in [1.54, 1.807) is 12.1 Å². The standard InChI is InChI=1S/C21H19FO2/c1-15-11-17(14-24-20-8-6-19(22)7-9-20)5-10-21(15)18-4-2-3-16(12-18)13-23/h2-12,23H,13-14H2,1H3. The largest absolute Gasteiger partial charge is 0.489 e. The van der Waals surface area contributed by atoms with Gasteiger partial charge in [-0.2, -0.15) is 0 Å². The van der Waals surface area contributed by atoms with Crippen molar-refractivity contribution in [2.75, 3.05) is 0 Å². The van der Waals surface area contributed by atoms with E-state index in [1.165, 1.54) is 12.1 Å². The molecule has 0 fully saturated rings. The van der Waals surface area contributed by atoms with Crippen LogP contribution in [0, 0.1) is 12.7 Å². The Bertz CT molecular complexity index is 825. The van der Waals surface area contributed by atoms with Crippen molar-refractivity contribution in [3.05, 3.63) is 89.2 Å². The number of rotatable bonds is 5. The van der Waals surface area contributed by atoms with Crippen molar-refractivity contribution in [1.82, 2.24) is 0 Å². The molecule has 0 saturated heterocycles. The molecule has 2 nitrogen and oxygen atoms in total. The zero-order valence-corrected chi connectivity index (χ0v) is 13.5. The van der Waals surface area contributed by atoms with Gasteiger partial charge in [0, 0.05) is 0 Å². The van der Waals surface area contributed by atoms with Gasteiger partial charge in [-0.05, 0) is 65.1 Å². The summed E-state index contributed by atoms with van der Waals surface area (Å²) in [6.45, 7) is 2.53. The molecule has 0 bridgehead atoms. The Morgan fingerprint density at radius 1 is 0.917 bits per heavy atom. The lowest BCUT2D eigenvalue weighted by molar-refractivity contribution is 0.282. The molecule has 0 aliphatic heterocycles. The molecule has 1 N–H and O–H groups in total. The maximum absolute atomic E-state index is 12.9. The number of halogens is 1. The molecule has 24 heavy (non-hydrogen) atoms. The lowest BCUT2D eigenvalue weighted by Gasteiger charge is -2.11. The number of aryl methyl sites for hydroxylation is 1. The fourth-order valence-electron chi connectivity index (χ4n) is 2.67. The van der Waals surface area contributed by atoms with Crippen LogP contribution in [0.1, 0.15) is 16.7 Å². The molecular weight excluding hydrogens is 303 g/mol. The summed E-state index contributed by atoms with van der Waals surface area (Å²) in [6.07, 6.45) is 0. The Hall–Kier alpha value is -2.65. The van der Waals surface area contributed by atoms with E-state index in [-0.39, 0.29) is 12.4 Å². The third kappa shape index (κ3) is 3.81. The van der Waals surface area contributed by atoms with Gasteiger partial charge >= 0.3 is 0 Å². The van der Waals surface area contributed by atoms with Crippen LogP contribution in [0.4, 0.5) is 4.39 Å². The number of hydrogen-bond donors (Lipinski definition) is 1. The van der Waals surface area contributed by atoms with Crippen LogP contribution in [-0.2, 0) is 13.2 Å². The first-order valence-electron chi connectivity index (χ1n) is 7.84. The van der Waals surface area contributed by atoms with E-state index in [2.05, 4.69) is 19.1 Å². The highest BCUT2D eigenvalue weighted by atomic mass is 19.1. The molecule has 3 heteroatoms. The van der Waals surface area contributed by atoms with Crippen LogP contribution >= 0.6 is 0 Å². The maximum atomic E-state index is 12.9. The van der Waals surface area contributed by atoms with Gasteiger partial charge in [0.05, 0.1) is 6.61 Å². The van der Waals surface area contributed by atoms with Crippen LogP contribution in [0.25, 0.3) is 11.1 Å². The second kappa shape index (κ2) is 7.28. The molecular formula is C21H19FO2. The fraction of sp³-hybridized carbons (Fsp3) is 0.143. The van der Waals surface area contributed by atoms with Gasteiger partial charge in [-0.25, -0.2) is 4.39 Å². The van der Waals surface area contributed by atoms with E-state index in [0.29, 0.717) is 12.4 Å². The smallest absolute Gasteiger partial charge is 0.123 e. The van der Waals surface area contributed by atoms with Crippen LogP contribution in [0.5, 0.6) is 5.75 Å². The average Bonchev–Trinajstić information content (AvgIpc) is 2.61. The lowest BCUT2D eigenvalue weighted by Crippen LogP contribution is -1.97. The third-order valence-electron chi connectivity index (χ3n) is 3.93. The first kappa shape index (κ1) is 16.2. The Morgan fingerprint density at radius 2 is 1.71 bits per heavy atom. The van der Waals surface area contributed by atoms with E-state index in [9.17, 15) is 9.50 Å². The van der Waals surface area contributed by atoms with Gasteiger partial charge in [-0.3, -0.25) is 0 Å². The van der Waals surface area contributed by atoms with Gasteiger partial charge < -0.3 is 9.84 Å². The summed E-state index contributed by atoms with van der Waals surface area (Å²) in [4.78, 5) is 0. The lowest BCUT2D eigenvalue weighted by atomic mass is 9.97. The molecule has 0 aliphatic rings. The van der Waals surface area contributed by atoms with Crippen molar-refractivity contribution < 1.29 is 14.2 Å². The second-order valence-corrected chi connectivity index (χ2v) is 5.75. The summed E-state index contributed by atoms with van der Waals surface area (Å²) in [7, 11) is 0. The van der Waals surface area contributed by atoms with Crippen molar-refractivity contribution in [1.29, 1.82) is 0 Å². The minimum absolute atomic E-state index is 0.0382. The predicted molar refractivity (Wildman–Crippen MR) is 93.3 cm³/mol. The van der Waals surface area contributed by atoms with Crippen molar-refractivity contribution in [2.24, 2.45) is 0 Å². The third-order valence-corrected chi connectivity index (χ3v) is 3.93. The highest BCUT2D eigenvalue weighted by Gasteiger charge is 2.05. The summed E-state index contributed by atoms with van der Waals surface area (Å²) >= 11 is 0. The monoisotopic (exact) mass is 322 g/mol. The Kier molecular flexibility index (Phi) is 4.92. The van der Waals surface area contributed by atoms with Gasteiger partial charge in [0.1, 0.15) is 18.2 Å². The van der Waals surface area contributed by atoms with Crippen molar-refractivity contribution >= 4 is 0 Å². The van der Waals surface area contributed by atoms with E-state index in [4.69, 9.17) is 4.74 Å². The first-order chi connectivity index (χ1) is 11.7. The van der Waals surface area contributed by atoms with Crippen LogP contribution in [0.3, 0.4) is 0 Å². The zero-order valence-electron chi connectivity index (χ0n) is 13.5. The predicted octanol–water partition coefficient (Wildman–Crippen LogP) is 4.87. The molecule has 3 rings (SSSR count). The normalized spacial score (nSPS) is 10.6. The Labute approximate surface area is 141 Å². The average molecular weight is 322 g/mol. The Morgan fingerprint density at radius 3 is 2.42 bits per heavy atom. The molecule has 0 unspecified atom stereocenters. The van der Waals surface area contributed by atoms with Crippen molar-refractivity contribution in [3.63, 3.8) is 0 Å². The van der Waals surface area contributed by atoms with E-state index in [1.807, 2.05) is 30.3 Å². The SMILES string of the molecule is Cc1cc(COc2ccc(F)cc2)ccc1-c1cccc(CO)c1. The molecule has 0 amide bonds. The molecule has 0 radical (unpaired) electrons. The number of benzene rings is 3. The van der Waals surface area contributed by atoms with Crippen LogP contribution < -0.4 is 4.74 Å². The molecule has 0 spiro atoms. The Balaban J connectivity index is 1.75. The number of ether oxygens (including phenoxy) is 1. The highest BCUT2D eigenvalue weighted by molar-refractivity contribution is 5.68. The van der Waals surface area contributed by atoms with Crippen LogP contribution in [0.2, 0.25) is 0 Å². The van der Waals surface area contributed by atoms with Crippen LogP contribution in [0.15, 0.2) is 66.7 Å². The van der Waals surface area contributed by atoms with Gasteiger partial charge in [-0.1, -0.05) is 36.4 Å². The molecule has 0 atom stereocenters. The van der Waals surface area contributed by atoms with Crippen molar-refractivity contribution in [3.8, 4) is 16.9 Å². The zero-order chi connectivity index (χ0) is 16.9. The van der Waals surface area contributed by atoms with E-state index < -0.39 is 0 Å². The quantitative estimate of drug-likeness (QED) is 0.726. The summed E-state index contributed by atoms with van der Waals surface area (Å²) in [5.41, 5.74) is 5.32. The van der Waals surface area contributed by atoms with Crippen LogP contribution in [-0.4, -0.2) is 5.11 Å². The van der Waals surface area contributed by atoms with Gasteiger partial charge in [0.15, 0.2) is 0 Å². The number of hydrogen-bond acceptors (Lipinski definition) is 2. The molecule has 122 valence electrons. The summed E-state index contributed by atoms with van der Waals surface area (Å²) in [5, 5.41) is 9.28. The van der Waals surface area contributed by atoms with Gasteiger partial charge in [0.2, 0.25) is 0 Å². The summed E-state index contributed by atoms with van der Waals surface area (Å²) in [5.74, 6) is 0.376. The van der Waals surface area contributed by atoms with Gasteiger partial charge in [0.25, 0.3) is 0 Å². The molecule has 0 aromatic heterocycles. The fourth-order valence-corrected chi connectivity index (χ4v) is 2.67. The van der Waals surface area contributed by atoms with Gasteiger partial charge in [-0.15, -0.1) is 0 Å². The minimum Gasteiger partial charge on any atom is -0.489 e. The molecule has 3 aromatic rings. The summed E-state index contributed by atoms with van der Waals surface area (Å²) in [6, 6.07) is 20.1. The number of aliphatic hydroxyl groups excluding tert-OH is 1. The minimum atomic E-state index is -0.271. The van der Waals surface area contributed by atoms with E-state index >= 15 is 0 Å². The highest BCUT2D eigenvalue weighted by Crippen LogP contribution is 2.26. The maximum Gasteiger partial charge on any atom is 0.123 e.